The van der Waals surface area contributed by atoms with Crippen LogP contribution in [0, 0.1) is 0 Å². The molecule has 0 bridgehead atoms. The van der Waals surface area contributed by atoms with Gasteiger partial charge >= 0.3 is 6.09 Å². The second-order valence-electron chi connectivity index (χ2n) is 8.27. The maximum atomic E-state index is 12.5. The molecule has 182 valence electrons. The van der Waals surface area contributed by atoms with E-state index >= 15 is 0 Å². The standard InChI is InChI=1S/C24H25N5O5S/c1-33-22-5-3-16-23(28-22)14(6-9-26-16)11-25-8-7-18(30)19-12-29(24(32)34-19)15-2-4-20-17(10-15)27-21(31)13-35-20/h2-6,9-10,18-19,25,30H,7-8,11-13H2,1H3,(H,27,31)/t18-,19-/m1/s1. The number of rotatable bonds is 8. The molecule has 2 amide bonds. The van der Waals surface area contributed by atoms with Crippen LogP contribution in [0.3, 0.4) is 0 Å². The second-order valence-corrected chi connectivity index (χ2v) is 9.29. The Kier molecular flexibility index (Phi) is 6.71. The molecule has 0 spiro atoms. The fourth-order valence-corrected chi connectivity index (χ4v) is 4.90. The number of hydrogen-bond donors (Lipinski definition) is 3. The highest BCUT2D eigenvalue weighted by molar-refractivity contribution is 8.00. The van der Waals surface area contributed by atoms with E-state index in [1.54, 1.807) is 25.4 Å². The van der Waals surface area contributed by atoms with Crippen LogP contribution in [0.5, 0.6) is 5.88 Å². The molecule has 0 aliphatic carbocycles. The van der Waals surface area contributed by atoms with Gasteiger partial charge in [0.25, 0.3) is 0 Å². The predicted octanol–water partition coefficient (Wildman–Crippen LogP) is 2.55. The van der Waals surface area contributed by atoms with Gasteiger partial charge in [-0.1, -0.05) is 0 Å². The summed E-state index contributed by atoms with van der Waals surface area (Å²) in [5.74, 6) is 0.830. The van der Waals surface area contributed by atoms with E-state index in [4.69, 9.17) is 9.47 Å². The van der Waals surface area contributed by atoms with Crippen LogP contribution < -0.4 is 20.3 Å². The molecule has 1 aromatic carbocycles. The van der Waals surface area contributed by atoms with Gasteiger partial charge in [0.2, 0.25) is 11.8 Å². The van der Waals surface area contributed by atoms with Crippen LogP contribution in [0.15, 0.2) is 47.5 Å². The Labute approximate surface area is 206 Å². The molecule has 5 rings (SSSR count). The average molecular weight is 496 g/mol. The summed E-state index contributed by atoms with van der Waals surface area (Å²) in [4.78, 5) is 35.4. The van der Waals surface area contributed by atoms with Crippen molar-refractivity contribution >= 4 is 46.2 Å². The summed E-state index contributed by atoms with van der Waals surface area (Å²) in [6, 6.07) is 11.0. The maximum absolute atomic E-state index is 12.5. The number of aromatic nitrogens is 2. The van der Waals surface area contributed by atoms with E-state index in [1.165, 1.54) is 16.7 Å². The van der Waals surface area contributed by atoms with E-state index in [9.17, 15) is 14.7 Å². The quantitative estimate of drug-likeness (QED) is 0.404. The van der Waals surface area contributed by atoms with E-state index in [0.717, 1.165) is 21.5 Å². The van der Waals surface area contributed by atoms with Crippen molar-refractivity contribution in [2.24, 2.45) is 0 Å². The molecule has 11 heteroatoms. The number of pyridine rings is 2. The lowest BCUT2D eigenvalue weighted by molar-refractivity contribution is -0.113. The number of thioether (sulfide) groups is 1. The Hall–Kier alpha value is -3.41. The molecule has 0 radical (unpaired) electrons. The smallest absolute Gasteiger partial charge is 0.414 e. The van der Waals surface area contributed by atoms with E-state index in [0.29, 0.717) is 42.5 Å². The zero-order valence-corrected chi connectivity index (χ0v) is 19.9. The number of cyclic esters (lactones) is 1. The SMILES string of the molecule is COc1ccc2nccc(CNCC[C@@H](O)[C@H]3CN(c4ccc5c(c4)NC(=O)CS5)C(=O)O3)c2n1. The van der Waals surface area contributed by atoms with Gasteiger partial charge in [-0.3, -0.25) is 14.7 Å². The topological polar surface area (TPSA) is 126 Å². The van der Waals surface area contributed by atoms with Crippen molar-refractivity contribution in [3.8, 4) is 5.88 Å². The summed E-state index contributed by atoms with van der Waals surface area (Å²) in [5.41, 5.74) is 3.82. The Balaban J connectivity index is 1.16. The fraction of sp³-hybridized carbons (Fsp3) is 0.333. The highest BCUT2D eigenvalue weighted by atomic mass is 32.2. The van der Waals surface area contributed by atoms with Crippen molar-refractivity contribution in [1.29, 1.82) is 0 Å². The number of nitrogens with one attached hydrogen (secondary N) is 2. The lowest BCUT2D eigenvalue weighted by Crippen LogP contribution is -2.33. The number of hydrogen-bond acceptors (Lipinski definition) is 9. The zero-order valence-electron chi connectivity index (χ0n) is 19.1. The van der Waals surface area contributed by atoms with E-state index in [-0.39, 0.29) is 12.5 Å². The van der Waals surface area contributed by atoms with Crippen molar-refractivity contribution in [3.05, 3.63) is 48.2 Å². The van der Waals surface area contributed by atoms with Crippen molar-refractivity contribution in [2.75, 3.05) is 36.2 Å². The van der Waals surface area contributed by atoms with E-state index in [1.807, 2.05) is 24.3 Å². The zero-order chi connectivity index (χ0) is 24.4. The summed E-state index contributed by atoms with van der Waals surface area (Å²) in [6.07, 6.45) is 0.163. The van der Waals surface area contributed by atoms with Crippen molar-refractivity contribution in [2.45, 2.75) is 30.1 Å². The number of aliphatic hydroxyl groups is 1. The highest BCUT2D eigenvalue weighted by Crippen LogP contribution is 2.35. The summed E-state index contributed by atoms with van der Waals surface area (Å²) >= 11 is 1.46. The Morgan fingerprint density at radius 1 is 1.31 bits per heavy atom. The first-order valence-electron chi connectivity index (χ1n) is 11.2. The molecule has 10 nitrogen and oxygen atoms in total. The van der Waals surface area contributed by atoms with Crippen LogP contribution >= 0.6 is 11.8 Å². The molecule has 4 heterocycles. The minimum absolute atomic E-state index is 0.0703. The molecule has 2 atom stereocenters. The average Bonchev–Trinajstić information content (AvgIpc) is 3.27. The van der Waals surface area contributed by atoms with Crippen molar-refractivity contribution in [3.63, 3.8) is 0 Å². The van der Waals surface area contributed by atoms with Crippen LogP contribution in [0.25, 0.3) is 11.0 Å². The monoisotopic (exact) mass is 495 g/mol. The van der Waals surface area contributed by atoms with Crippen molar-refractivity contribution < 1.29 is 24.2 Å². The lowest BCUT2D eigenvalue weighted by Gasteiger charge is -2.20. The van der Waals surface area contributed by atoms with Crippen LogP contribution in [0.1, 0.15) is 12.0 Å². The molecule has 0 saturated carbocycles. The van der Waals surface area contributed by atoms with E-state index < -0.39 is 18.3 Å². The van der Waals surface area contributed by atoms with Crippen LogP contribution in [0.2, 0.25) is 0 Å². The van der Waals surface area contributed by atoms with Gasteiger partial charge in [0, 0.05) is 29.4 Å². The van der Waals surface area contributed by atoms with Gasteiger partial charge in [0.15, 0.2) is 0 Å². The van der Waals surface area contributed by atoms with E-state index in [2.05, 4.69) is 20.6 Å². The molecular formula is C24H25N5O5S. The number of aliphatic hydroxyl groups excluding tert-OH is 1. The number of carbonyl (C=O) groups excluding carboxylic acids is 2. The second kappa shape index (κ2) is 10.1. The summed E-state index contributed by atoms with van der Waals surface area (Å²) in [6.45, 7) is 1.30. The van der Waals surface area contributed by atoms with Gasteiger partial charge < -0.3 is 25.2 Å². The first kappa shape index (κ1) is 23.3. The first-order chi connectivity index (χ1) is 17.0. The number of ether oxygens (including phenoxy) is 2. The number of carbonyl (C=O) groups is 2. The fourth-order valence-electron chi connectivity index (χ4n) is 4.11. The minimum atomic E-state index is -0.822. The third-order valence-electron chi connectivity index (χ3n) is 5.96. The van der Waals surface area contributed by atoms with Crippen LogP contribution in [0.4, 0.5) is 16.2 Å². The minimum Gasteiger partial charge on any atom is -0.481 e. The number of fused-ring (bicyclic) bond motifs is 2. The molecule has 35 heavy (non-hydrogen) atoms. The molecule has 3 N–H and O–H groups in total. The Morgan fingerprint density at radius 2 is 2.20 bits per heavy atom. The predicted molar refractivity (Wildman–Crippen MR) is 132 cm³/mol. The molecule has 0 unspecified atom stereocenters. The maximum Gasteiger partial charge on any atom is 0.414 e. The number of methoxy groups -OCH3 is 1. The van der Waals surface area contributed by atoms with Gasteiger partial charge in [-0.2, -0.15) is 0 Å². The largest absolute Gasteiger partial charge is 0.481 e. The lowest BCUT2D eigenvalue weighted by atomic mass is 10.1. The third kappa shape index (κ3) is 5.02. The van der Waals surface area contributed by atoms with Gasteiger partial charge in [0.05, 0.1) is 42.2 Å². The number of amides is 2. The van der Waals surface area contributed by atoms with Gasteiger partial charge in [-0.15, -0.1) is 11.8 Å². The first-order valence-corrected chi connectivity index (χ1v) is 12.2. The Bertz CT molecular complexity index is 1270. The van der Waals surface area contributed by atoms with Gasteiger partial charge in [0.1, 0.15) is 6.10 Å². The molecular weight excluding hydrogens is 470 g/mol. The van der Waals surface area contributed by atoms with Gasteiger partial charge in [-0.25, -0.2) is 9.78 Å². The molecule has 3 aromatic rings. The third-order valence-corrected chi connectivity index (χ3v) is 7.03. The summed E-state index contributed by atoms with van der Waals surface area (Å²) in [5, 5.41) is 16.8. The molecule has 2 aliphatic rings. The summed E-state index contributed by atoms with van der Waals surface area (Å²) < 4.78 is 10.7. The Morgan fingerprint density at radius 3 is 3.06 bits per heavy atom. The number of anilines is 2. The molecule has 1 saturated heterocycles. The molecule has 2 aliphatic heterocycles. The van der Waals surface area contributed by atoms with Crippen LogP contribution in [-0.4, -0.2) is 65.2 Å². The highest BCUT2D eigenvalue weighted by Gasteiger charge is 2.37. The molecule has 2 aromatic heterocycles. The normalized spacial score (nSPS) is 18.2. The molecule has 1 fully saturated rings. The van der Waals surface area contributed by atoms with Crippen LogP contribution in [-0.2, 0) is 16.1 Å². The number of nitrogens with zero attached hydrogens (tertiary/aromatic N) is 3. The summed E-state index contributed by atoms with van der Waals surface area (Å²) in [7, 11) is 1.57. The van der Waals surface area contributed by atoms with Crippen molar-refractivity contribution in [1.82, 2.24) is 15.3 Å². The van der Waals surface area contributed by atoms with Gasteiger partial charge in [-0.05, 0) is 48.9 Å². The number of benzene rings is 1.